The third-order valence-corrected chi connectivity index (χ3v) is 7.66. The van der Waals surface area contributed by atoms with Crippen molar-refractivity contribution >= 4 is 17.6 Å². The van der Waals surface area contributed by atoms with Gasteiger partial charge in [-0.25, -0.2) is 28.5 Å². The number of halogens is 2. The Bertz CT molecular complexity index is 1540. The molecule has 0 amide bonds. The van der Waals surface area contributed by atoms with Gasteiger partial charge in [-0.05, 0) is 62.8 Å². The minimum Gasteiger partial charge on any atom is -0.492 e. The van der Waals surface area contributed by atoms with Crippen molar-refractivity contribution in [2.45, 2.75) is 44.6 Å². The first-order valence-electron chi connectivity index (χ1n) is 15.3. The van der Waals surface area contributed by atoms with Crippen LogP contribution in [0.4, 0.5) is 20.4 Å². The molecule has 236 valence electrons. The number of pyridine rings is 1. The van der Waals surface area contributed by atoms with Crippen LogP contribution in [0.3, 0.4) is 0 Å². The van der Waals surface area contributed by atoms with Crippen molar-refractivity contribution in [3.63, 3.8) is 0 Å². The van der Waals surface area contributed by atoms with Crippen LogP contribution in [0.2, 0.25) is 0 Å². The number of aryl methyl sites for hydroxylation is 2. The number of unbranched alkanes of at least 4 members (excludes halogenated alkanes) is 1. The van der Waals surface area contributed by atoms with Gasteiger partial charge < -0.3 is 20.5 Å². The van der Waals surface area contributed by atoms with Gasteiger partial charge in [-0.2, -0.15) is 0 Å². The van der Waals surface area contributed by atoms with Gasteiger partial charge in [0.1, 0.15) is 41.7 Å². The lowest BCUT2D eigenvalue weighted by Gasteiger charge is -2.25. The number of anilines is 2. The number of aliphatic carboxylic acids is 1. The molecule has 9 nitrogen and oxygen atoms in total. The van der Waals surface area contributed by atoms with Crippen molar-refractivity contribution < 1.29 is 23.4 Å². The fraction of sp³-hybridized carbons (Fsp3) is 0.353. The van der Waals surface area contributed by atoms with Gasteiger partial charge >= 0.3 is 5.97 Å². The highest BCUT2D eigenvalue weighted by molar-refractivity contribution is 5.77. The van der Waals surface area contributed by atoms with Crippen LogP contribution in [0.5, 0.6) is 5.75 Å². The summed E-state index contributed by atoms with van der Waals surface area (Å²) in [5.74, 6) is -0.381. The SMILES string of the molecule is O=C(O)C(CCN(CCCCc1ccc2c(n1)NCCC2)CCOc1cc(F)cc(F)c1)Nc1ccnc(-c2ccccc2)n1. The van der Waals surface area contributed by atoms with E-state index in [0.29, 0.717) is 37.7 Å². The monoisotopic (exact) mass is 616 g/mol. The average molecular weight is 617 g/mol. The van der Waals surface area contributed by atoms with Crippen LogP contribution >= 0.6 is 0 Å². The summed E-state index contributed by atoms with van der Waals surface area (Å²) in [7, 11) is 0. The minimum absolute atomic E-state index is 0.114. The Morgan fingerprint density at radius 3 is 2.62 bits per heavy atom. The van der Waals surface area contributed by atoms with Crippen LogP contribution in [-0.4, -0.2) is 69.8 Å². The Hall–Kier alpha value is -4.64. The summed E-state index contributed by atoms with van der Waals surface area (Å²) in [6.07, 6.45) is 6.66. The van der Waals surface area contributed by atoms with Gasteiger partial charge in [0.25, 0.3) is 0 Å². The lowest BCUT2D eigenvalue weighted by molar-refractivity contribution is -0.138. The number of nitrogens with zero attached hydrogens (tertiary/aromatic N) is 4. The van der Waals surface area contributed by atoms with Crippen LogP contribution in [0.1, 0.15) is 36.9 Å². The number of carbonyl (C=O) groups is 1. The third kappa shape index (κ3) is 9.67. The zero-order valence-corrected chi connectivity index (χ0v) is 25.1. The molecule has 3 N–H and O–H groups in total. The highest BCUT2D eigenvalue weighted by Crippen LogP contribution is 2.21. The number of hydrogen-bond acceptors (Lipinski definition) is 8. The lowest BCUT2D eigenvalue weighted by Crippen LogP contribution is -2.37. The summed E-state index contributed by atoms with van der Waals surface area (Å²) < 4.78 is 32.9. The molecule has 1 atom stereocenters. The quantitative estimate of drug-likeness (QED) is 0.134. The highest BCUT2D eigenvalue weighted by Gasteiger charge is 2.20. The zero-order chi connectivity index (χ0) is 31.4. The molecule has 0 fully saturated rings. The van der Waals surface area contributed by atoms with E-state index in [2.05, 4.69) is 37.6 Å². The molecule has 1 unspecified atom stereocenters. The van der Waals surface area contributed by atoms with E-state index >= 15 is 0 Å². The van der Waals surface area contributed by atoms with Crippen molar-refractivity contribution in [1.82, 2.24) is 19.9 Å². The van der Waals surface area contributed by atoms with Crippen molar-refractivity contribution in [2.24, 2.45) is 0 Å². The molecule has 3 heterocycles. The Balaban J connectivity index is 1.18. The Kier molecular flexibility index (Phi) is 11.2. The number of fused-ring (bicyclic) bond motifs is 1. The predicted molar refractivity (Wildman–Crippen MR) is 169 cm³/mol. The molecule has 1 aliphatic rings. The lowest BCUT2D eigenvalue weighted by atomic mass is 10.1. The summed E-state index contributed by atoms with van der Waals surface area (Å²) in [5, 5.41) is 16.4. The van der Waals surface area contributed by atoms with E-state index in [1.54, 1.807) is 12.3 Å². The molecule has 0 saturated heterocycles. The van der Waals surface area contributed by atoms with Gasteiger partial charge in [-0.15, -0.1) is 0 Å². The fourth-order valence-electron chi connectivity index (χ4n) is 5.30. The number of benzene rings is 2. The van der Waals surface area contributed by atoms with E-state index in [0.717, 1.165) is 73.9 Å². The molecule has 0 bridgehead atoms. The number of aromatic nitrogens is 3. The first-order chi connectivity index (χ1) is 21.9. The molecule has 0 aliphatic carbocycles. The molecular weight excluding hydrogens is 578 g/mol. The maximum absolute atomic E-state index is 13.6. The number of ether oxygens (including phenoxy) is 1. The summed E-state index contributed by atoms with van der Waals surface area (Å²) in [6, 6.07) is 17.6. The van der Waals surface area contributed by atoms with Gasteiger partial charge in [0.05, 0.1) is 0 Å². The van der Waals surface area contributed by atoms with E-state index in [1.165, 1.54) is 5.56 Å². The van der Waals surface area contributed by atoms with E-state index in [1.807, 2.05) is 30.3 Å². The maximum atomic E-state index is 13.6. The second kappa shape index (κ2) is 15.9. The molecule has 0 spiro atoms. The van der Waals surface area contributed by atoms with Crippen LogP contribution in [0.25, 0.3) is 11.4 Å². The second-order valence-corrected chi connectivity index (χ2v) is 11.0. The molecule has 11 heteroatoms. The number of hydrogen-bond donors (Lipinski definition) is 3. The van der Waals surface area contributed by atoms with Crippen molar-refractivity contribution in [3.8, 4) is 17.1 Å². The van der Waals surface area contributed by atoms with Gasteiger partial charge in [0.2, 0.25) is 0 Å². The maximum Gasteiger partial charge on any atom is 0.326 e. The van der Waals surface area contributed by atoms with Crippen molar-refractivity contribution in [3.05, 3.63) is 95.8 Å². The first kappa shape index (κ1) is 31.8. The minimum atomic E-state index is -0.992. The smallest absolute Gasteiger partial charge is 0.326 e. The molecule has 4 aromatic rings. The van der Waals surface area contributed by atoms with E-state index in [9.17, 15) is 18.7 Å². The standard InChI is InChI=1S/C34H38F2N6O3/c35-26-21-27(36)23-29(22-26)45-20-19-42(17-5-4-10-28-12-11-25-9-6-15-37-32(25)39-28)18-14-30(34(43)44)40-31-13-16-38-33(41-31)24-7-2-1-3-8-24/h1-3,7-8,11-13,16,21-23,30H,4-6,9-10,14-15,17-20H2,(H,37,39)(H,43,44)(H,38,40,41). The number of nitrogens with one attached hydrogen (secondary N) is 2. The van der Waals surface area contributed by atoms with Crippen molar-refractivity contribution in [1.29, 1.82) is 0 Å². The average Bonchev–Trinajstić information content (AvgIpc) is 3.04. The highest BCUT2D eigenvalue weighted by atomic mass is 19.1. The molecule has 0 radical (unpaired) electrons. The zero-order valence-electron chi connectivity index (χ0n) is 25.1. The van der Waals surface area contributed by atoms with E-state index < -0.39 is 23.6 Å². The Labute approximate surface area is 261 Å². The predicted octanol–water partition coefficient (Wildman–Crippen LogP) is 5.83. The van der Waals surface area contributed by atoms with E-state index in [4.69, 9.17) is 9.72 Å². The summed E-state index contributed by atoms with van der Waals surface area (Å²) in [5.41, 5.74) is 3.13. The molecular formula is C34H38F2N6O3. The number of carboxylic acids is 1. The fourth-order valence-corrected chi connectivity index (χ4v) is 5.30. The van der Waals surface area contributed by atoms with Crippen LogP contribution in [0.15, 0.2) is 72.9 Å². The molecule has 5 rings (SSSR count). The topological polar surface area (TPSA) is 112 Å². The molecule has 2 aromatic heterocycles. The van der Waals surface area contributed by atoms with Crippen molar-refractivity contribution in [2.75, 3.05) is 43.4 Å². The normalized spacial score (nSPS) is 13.1. The molecule has 45 heavy (non-hydrogen) atoms. The molecule has 2 aromatic carbocycles. The van der Waals surface area contributed by atoms with Gasteiger partial charge in [0, 0.05) is 55.3 Å². The largest absolute Gasteiger partial charge is 0.492 e. The summed E-state index contributed by atoms with van der Waals surface area (Å²) in [4.78, 5) is 27.9. The summed E-state index contributed by atoms with van der Waals surface area (Å²) in [6.45, 7) is 2.75. The van der Waals surface area contributed by atoms with Crippen LogP contribution in [0, 0.1) is 11.6 Å². The van der Waals surface area contributed by atoms with Gasteiger partial charge in [0.15, 0.2) is 5.82 Å². The van der Waals surface area contributed by atoms with Gasteiger partial charge in [-0.3, -0.25) is 4.90 Å². The Morgan fingerprint density at radius 1 is 1.00 bits per heavy atom. The molecule has 0 saturated carbocycles. The van der Waals surface area contributed by atoms with Crippen LogP contribution in [-0.2, 0) is 17.6 Å². The first-order valence-corrected chi connectivity index (χ1v) is 15.3. The van der Waals surface area contributed by atoms with E-state index in [-0.39, 0.29) is 12.4 Å². The molecule has 1 aliphatic heterocycles. The van der Waals surface area contributed by atoms with Crippen LogP contribution < -0.4 is 15.4 Å². The third-order valence-electron chi connectivity index (χ3n) is 7.66. The number of carboxylic acid groups (broad SMARTS) is 1. The summed E-state index contributed by atoms with van der Waals surface area (Å²) >= 11 is 0. The second-order valence-electron chi connectivity index (χ2n) is 11.0. The van der Waals surface area contributed by atoms with Gasteiger partial charge in [-0.1, -0.05) is 36.4 Å². The Morgan fingerprint density at radius 2 is 1.82 bits per heavy atom. The number of rotatable bonds is 16.